The SMILES string of the molecule is CCC(CC(=O)N1CCCC1CN)c1ccccc1. The van der Waals surface area contributed by atoms with Crippen molar-refractivity contribution in [2.45, 2.75) is 44.6 Å². The fraction of sp³-hybridized carbons (Fsp3) is 0.562. The number of nitrogens with two attached hydrogens (primary N) is 1. The lowest BCUT2D eigenvalue weighted by Gasteiger charge is -2.26. The van der Waals surface area contributed by atoms with E-state index in [2.05, 4.69) is 19.1 Å². The van der Waals surface area contributed by atoms with Gasteiger partial charge in [0.05, 0.1) is 0 Å². The molecule has 0 saturated carbocycles. The van der Waals surface area contributed by atoms with Gasteiger partial charge in [0.1, 0.15) is 0 Å². The van der Waals surface area contributed by atoms with E-state index in [0.717, 1.165) is 25.8 Å². The standard InChI is InChI=1S/C16H24N2O/c1-2-13(14-7-4-3-5-8-14)11-16(19)18-10-6-9-15(18)12-17/h3-5,7-8,13,15H,2,6,9-12,17H2,1H3. The van der Waals surface area contributed by atoms with Crippen LogP contribution in [0.2, 0.25) is 0 Å². The van der Waals surface area contributed by atoms with Crippen LogP contribution in [0.1, 0.15) is 44.1 Å². The zero-order valence-corrected chi connectivity index (χ0v) is 11.7. The third-order valence-electron chi connectivity index (χ3n) is 4.15. The van der Waals surface area contributed by atoms with E-state index < -0.39 is 0 Å². The average molecular weight is 260 g/mol. The molecular formula is C16H24N2O. The Morgan fingerprint density at radius 1 is 1.42 bits per heavy atom. The minimum Gasteiger partial charge on any atom is -0.338 e. The summed E-state index contributed by atoms with van der Waals surface area (Å²) < 4.78 is 0. The highest BCUT2D eigenvalue weighted by atomic mass is 16.2. The third-order valence-corrected chi connectivity index (χ3v) is 4.15. The number of amides is 1. The molecule has 19 heavy (non-hydrogen) atoms. The van der Waals surface area contributed by atoms with E-state index in [0.29, 0.717) is 18.9 Å². The maximum atomic E-state index is 12.4. The molecule has 0 bridgehead atoms. The molecule has 0 radical (unpaired) electrons. The molecular weight excluding hydrogens is 236 g/mol. The predicted octanol–water partition coefficient (Wildman–Crippen LogP) is 2.52. The molecule has 1 saturated heterocycles. The van der Waals surface area contributed by atoms with Crippen LogP contribution < -0.4 is 5.73 Å². The van der Waals surface area contributed by atoms with Crippen molar-refractivity contribution < 1.29 is 4.79 Å². The number of hydrogen-bond donors (Lipinski definition) is 1. The first-order valence-corrected chi connectivity index (χ1v) is 7.30. The van der Waals surface area contributed by atoms with E-state index in [-0.39, 0.29) is 11.9 Å². The van der Waals surface area contributed by atoms with Crippen molar-refractivity contribution in [2.24, 2.45) is 5.73 Å². The van der Waals surface area contributed by atoms with Crippen molar-refractivity contribution >= 4 is 5.91 Å². The van der Waals surface area contributed by atoms with Gasteiger partial charge in [-0.3, -0.25) is 4.79 Å². The molecule has 1 aliphatic rings. The van der Waals surface area contributed by atoms with E-state index in [4.69, 9.17) is 5.73 Å². The smallest absolute Gasteiger partial charge is 0.223 e. The number of carbonyl (C=O) groups is 1. The van der Waals surface area contributed by atoms with Crippen LogP contribution in [0.5, 0.6) is 0 Å². The van der Waals surface area contributed by atoms with E-state index in [1.807, 2.05) is 23.1 Å². The highest BCUT2D eigenvalue weighted by Crippen LogP contribution is 2.26. The molecule has 3 nitrogen and oxygen atoms in total. The molecule has 2 unspecified atom stereocenters. The fourth-order valence-corrected chi connectivity index (χ4v) is 2.96. The van der Waals surface area contributed by atoms with Crippen LogP contribution >= 0.6 is 0 Å². The van der Waals surface area contributed by atoms with E-state index >= 15 is 0 Å². The Kier molecular flexibility index (Phi) is 4.97. The number of nitrogens with zero attached hydrogens (tertiary/aromatic N) is 1. The Morgan fingerprint density at radius 2 is 2.16 bits per heavy atom. The molecule has 1 amide bonds. The molecule has 1 fully saturated rings. The van der Waals surface area contributed by atoms with Crippen LogP contribution in [-0.2, 0) is 4.79 Å². The van der Waals surface area contributed by atoms with Crippen LogP contribution in [0.3, 0.4) is 0 Å². The van der Waals surface area contributed by atoms with E-state index in [1.165, 1.54) is 5.56 Å². The lowest BCUT2D eigenvalue weighted by Crippen LogP contribution is -2.40. The van der Waals surface area contributed by atoms with Crippen molar-refractivity contribution in [3.63, 3.8) is 0 Å². The van der Waals surface area contributed by atoms with Crippen molar-refractivity contribution in [1.29, 1.82) is 0 Å². The maximum absolute atomic E-state index is 12.4. The Labute approximate surface area is 115 Å². The minimum absolute atomic E-state index is 0.265. The average Bonchev–Trinajstić information content (AvgIpc) is 2.94. The summed E-state index contributed by atoms with van der Waals surface area (Å²) in [5.74, 6) is 0.594. The van der Waals surface area contributed by atoms with Gasteiger partial charge in [0, 0.05) is 25.6 Å². The highest BCUT2D eigenvalue weighted by molar-refractivity contribution is 5.77. The second-order valence-electron chi connectivity index (χ2n) is 5.34. The molecule has 2 atom stereocenters. The zero-order valence-electron chi connectivity index (χ0n) is 11.7. The Bertz CT molecular complexity index is 404. The molecule has 3 heteroatoms. The topological polar surface area (TPSA) is 46.3 Å². The van der Waals surface area contributed by atoms with E-state index in [9.17, 15) is 4.79 Å². The van der Waals surface area contributed by atoms with Crippen LogP contribution in [0, 0.1) is 0 Å². The largest absolute Gasteiger partial charge is 0.338 e. The van der Waals surface area contributed by atoms with Crippen LogP contribution in [0.15, 0.2) is 30.3 Å². The molecule has 1 aromatic rings. The first-order valence-electron chi connectivity index (χ1n) is 7.30. The number of carbonyl (C=O) groups excluding carboxylic acids is 1. The summed E-state index contributed by atoms with van der Waals surface area (Å²) >= 11 is 0. The van der Waals surface area contributed by atoms with Gasteiger partial charge in [-0.25, -0.2) is 0 Å². The number of rotatable bonds is 5. The van der Waals surface area contributed by atoms with E-state index in [1.54, 1.807) is 0 Å². The fourth-order valence-electron chi connectivity index (χ4n) is 2.96. The maximum Gasteiger partial charge on any atom is 0.223 e. The Balaban J connectivity index is 2.00. The molecule has 0 aliphatic carbocycles. The molecule has 104 valence electrons. The molecule has 0 spiro atoms. The van der Waals surface area contributed by atoms with Gasteiger partial charge in [-0.15, -0.1) is 0 Å². The van der Waals surface area contributed by atoms with Crippen LogP contribution in [-0.4, -0.2) is 29.9 Å². The normalized spacial score (nSPS) is 20.5. The lowest BCUT2D eigenvalue weighted by molar-refractivity contribution is -0.132. The monoisotopic (exact) mass is 260 g/mol. The number of benzene rings is 1. The summed E-state index contributed by atoms with van der Waals surface area (Å²) in [6.07, 6.45) is 3.76. The van der Waals surface area contributed by atoms with Gasteiger partial charge >= 0.3 is 0 Å². The summed E-state index contributed by atoms with van der Waals surface area (Å²) in [6, 6.07) is 10.6. The quantitative estimate of drug-likeness (QED) is 0.884. The Hall–Kier alpha value is -1.35. The van der Waals surface area contributed by atoms with Crippen molar-refractivity contribution in [3.05, 3.63) is 35.9 Å². The summed E-state index contributed by atoms with van der Waals surface area (Å²) in [5.41, 5.74) is 7.01. The molecule has 1 aliphatic heterocycles. The molecule has 2 rings (SSSR count). The Morgan fingerprint density at radius 3 is 2.79 bits per heavy atom. The third kappa shape index (κ3) is 3.35. The van der Waals surface area contributed by atoms with Crippen LogP contribution in [0.4, 0.5) is 0 Å². The number of likely N-dealkylation sites (tertiary alicyclic amines) is 1. The first-order chi connectivity index (χ1) is 9.26. The summed E-state index contributed by atoms with van der Waals surface area (Å²) in [5, 5.41) is 0. The summed E-state index contributed by atoms with van der Waals surface area (Å²) in [4.78, 5) is 14.4. The van der Waals surface area contributed by atoms with Gasteiger partial charge < -0.3 is 10.6 Å². The van der Waals surface area contributed by atoms with Gasteiger partial charge in [-0.05, 0) is 30.7 Å². The lowest BCUT2D eigenvalue weighted by atomic mass is 9.92. The van der Waals surface area contributed by atoms with Gasteiger partial charge in [0.15, 0.2) is 0 Å². The van der Waals surface area contributed by atoms with Crippen LogP contribution in [0.25, 0.3) is 0 Å². The summed E-state index contributed by atoms with van der Waals surface area (Å²) in [7, 11) is 0. The summed E-state index contributed by atoms with van der Waals surface area (Å²) in [6.45, 7) is 3.62. The van der Waals surface area contributed by atoms with Crippen molar-refractivity contribution in [1.82, 2.24) is 4.90 Å². The second-order valence-corrected chi connectivity index (χ2v) is 5.34. The van der Waals surface area contributed by atoms with Gasteiger partial charge in [-0.1, -0.05) is 37.3 Å². The highest BCUT2D eigenvalue weighted by Gasteiger charge is 2.28. The molecule has 2 N–H and O–H groups in total. The molecule has 0 aromatic heterocycles. The van der Waals surface area contributed by atoms with Gasteiger partial charge in [-0.2, -0.15) is 0 Å². The van der Waals surface area contributed by atoms with Gasteiger partial charge in [0.25, 0.3) is 0 Å². The predicted molar refractivity (Wildman–Crippen MR) is 77.9 cm³/mol. The van der Waals surface area contributed by atoms with Crippen molar-refractivity contribution in [2.75, 3.05) is 13.1 Å². The van der Waals surface area contributed by atoms with Crippen molar-refractivity contribution in [3.8, 4) is 0 Å². The minimum atomic E-state index is 0.265. The second kappa shape index (κ2) is 6.71. The molecule has 1 aromatic carbocycles. The van der Waals surface area contributed by atoms with Gasteiger partial charge in [0.2, 0.25) is 5.91 Å². The zero-order chi connectivity index (χ0) is 13.7. The molecule has 1 heterocycles. The first kappa shape index (κ1) is 14.1. The number of hydrogen-bond acceptors (Lipinski definition) is 2.